The van der Waals surface area contributed by atoms with Gasteiger partial charge in [-0.1, -0.05) is 36.4 Å². The number of nitrogens with one attached hydrogen (secondary N) is 1. The third-order valence-corrected chi connectivity index (χ3v) is 4.98. The van der Waals surface area contributed by atoms with Crippen LogP contribution in [0.3, 0.4) is 0 Å². The molecule has 1 aromatic heterocycles. The van der Waals surface area contributed by atoms with Gasteiger partial charge in [0.15, 0.2) is 11.5 Å². The maximum Gasteiger partial charge on any atom is 0.253 e. The zero-order valence-corrected chi connectivity index (χ0v) is 17.5. The van der Waals surface area contributed by atoms with Crippen molar-refractivity contribution in [3.05, 3.63) is 82.7 Å². The molecule has 1 N–H and O–H groups in total. The first kappa shape index (κ1) is 20.5. The Morgan fingerprint density at radius 1 is 1.00 bits per heavy atom. The van der Waals surface area contributed by atoms with Crippen molar-refractivity contribution in [3.63, 3.8) is 0 Å². The molecule has 29 heavy (non-hydrogen) atoms. The Hall–Kier alpha value is -3.21. The molecular weight excluding hydrogens is 364 g/mol. The van der Waals surface area contributed by atoms with Crippen molar-refractivity contribution in [2.75, 3.05) is 13.7 Å². The summed E-state index contributed by atoms with van der Waals surface area (Å²) in [5.74, 6) is 1.29. The quantitative estimate of drug-likeness (QED) is 0.614. The number of aromatic nitrogens is 1. The van der Waals surface area contributed by atoms with E-state index in [9.17, 15) is 4.79 Å². The molecule has 0 atom stereocenters. The molecule has 5 nitrogen and oxygen atoms in total. The van der Waals surface area contributed by atoms with Crippen LogP contribution >= 0.6 is 0 Å². The SMILES string of the molecule is CCOc1ccc(CNC(=O)c2cc(C)n(Cc3ccccc3)c2C)cc1OC. The average Bonchev–Trinajstić information content (AvgIpc) is 3.02. The summed E-state index contributed by atoms with van der Waals surface area (Å²) in [6, 6.07) is 17.9. The molecule has 0 saturated carbocycles. The maximum absolute atomic E-state index is 12.8. The van der Waals surface area contributed by atoms with Crippen molar-refractivity contribution in [3.8, 4) is 11.5 Å². The van der Waals surface area contributed by atoms with Crippen LogP contribution in [0.5, 0.6) is 11.5 Å². The van der Waals surface area contributed by atoms with Gasteiger partial charge in [-0.2, -0.15) is 0 Å². The molecule has 0 aliphatic heterocycles. The monoisotopic (exact) mass is 392 g/mol. The Labute approximate surface area is 172 Å². The molecule has 1 amide bonds. The van der Waals surface area contributed by atoms with Crippen LogP contribution in [-0.2, 0) is 13.1 Å². The van der Waals surface area contributed by atoms with Crippen molar-refractivity contribution < 1.29 is 14.3 Å². The number of carbonyl (C=O) groups excluding carboxylic acids is 1. The molecule has 0 fully saturated rings. The van der Waals surface area contributed by atoms with Crippen molar-refractivity contribution in [2.24, 2.45) is 0 Å². The van der Waals surface area contributed by atoms with Gasteiger partial charge >= 0.3 is 0 Å². The van der Waals surface area contributed by atoms with E-state index in [1.807, 2.05) is 63.2 Å². The molecule has 0 radical (unpaired) electrons. The molecule has 1 heterocycles. The third-order valence-electron chi connectivity index (χ3n) is 4.98. The van der Waals surface area contributed by atoms with Gasteiger partial charge in [-0.3, -0.25) is 4.79 Å². The highest BCUT2D eigenvalue weighted by Gasteiger charge is 2.16. The number of hydrogen-bond acceptors (Lipinski definition) is 3. The van der Waals surface area contributed by atoms with Gasteiger partial charge in [0.1, 0.15) is 0 Å². The van der Waals surface area contributed by atoms with Gasteiger partial charge < -0.3 is 19.4 Å². The maximum atomic E-state index is 12.8. The predicted molar refractivity (Wildman–Crippen MR) is 115 cm³/mol. The summed E-state index contributed by atoms with van der Waals surface area (Å²) in [6.45, 7) is 7.70. The number of carbonyl (C=O) groups is 1. The normalized spacial score (nSPS) is 10.6. The van der Waals surface area contributed by atoms with E-state index in [0.717, 1.165) is 23.5 Å². The first-order valence-electron chi connectivity index (χ1n) is 9.82. The average molecular weight is 392 g/mol. The zero-order chi connectivity index (χ0) is 20.8. The van der Waals surface area contributed by atoms with Gasteiger partial charge in [0.25, 0.3) is 5.91 Å². The van der Waals surface area contributed by atoms with Gasteiger partial charge in [-0.05, 0) is 50.1 Å². The summed E-state index contributed by atoms with van der Waals surface area (Å²) in [4.78, 5) is 12.8. The summed E-state index contributed by atoms with van der Waals surface area (Å²) in [6.07, 6.45) is 0. The van der Waals surface area contributed by atoms with Crippen LogP contribution in [0.25, 0.3) is 0 Å². The van der Waals surface area contributed by atoms with E-state index < -0.39 is 0 Å². The molecule has 0 unspecified atom stereocenters. The molecule has 3 rings (SSSR count). The molecular formula is C24H28N2O3. The Kier molecular flexibility index (Phi) is 6.60. The summed E-state index contributed by atoms with van der Waals surface area (Å²) >= 11 is 0. The minimum absolute atomic E-state index is 0.0785. The standard InChI is InChI=1S/C24H28N2O3/c1-5-29-22-12-11-20(14-23(22)28-4)15-25-24(27)21-13-17(2)26(18(21)3)16-19-9-7-6-8-10-19/h6-14H,5,15-16H2,1-4H3,(H,25,27). The highest BCUT2D eigenvalue weighted by atomic mass is 16.5. The van der Waals surface area contributed by atoms with E-state index in [1.54, 1.807) is 7.11 Å². The van der Waals surface area contributed by atoms with Crippen LogP contribution in [-0.4, -0.2) is 24.2 Å². The Morgan fingerprint density at radius 2 is 1.76 bits per heavy atom. The van der Waals surface area contributed by atoms with Crippen molar-refractivity contribution in [1.82, 2.24) is 9.88 Å². The molecule has 0 bridgehead atoms. The lowest BCUT2D eigenvalue weighted by atomic mass is 10.2. The second-order valence-electron chi connectivity index (χ2n) is 6.96. The molecule has 5 heteroatoms. The minimum Gasteiger partial charge on any atom is -0.493 e. The number of amides is 1. The second-order valence-corrected chi connectivity index (χ2v) is 6.96. The lowest BCUT2D eigenvalue weighted by Gasteiger charge is -2.12. The van der Waals surface area contributed by atoms with Gasteiger partial charge in [0.05, 0.1) is 19.3 Å². The van der Waals surface area contributed by atoms with Crippen LogP contribution in [0.2, 0.25) is 0 Å². The fourth-order valence-electron chi connectivity index (χ4n) is 3.41. The number of benzene rings is 2. The lowest BCUT2D eigenvalue weighted by molar-refractivity contribution is 0.0950. The van der Waals surface area contributed by atoms with Crippen LogP contribution in [0, 0.1) is 13.8 Å². The predicted octanol–water partition coefficient (Wildman–Crippen LogP) is 4.49. The van der Waals surface area contributed by atoms with Crippen LogP contribution in [0.15, 0.2) is 54.6 Å². The second kappa shape index (κ2) is 9.32. The molecule has 2 aromatic carbocycles. The molecule has 0 saturated heterocycles. The van der Waals surface area contributed by atoms with E-state index in [4.69, 9.17) is 9.47 Å². The summed E-state index contributed by atoms with van der Waals surface area (Å²) in [5.41, 5.74) is 4.91. The van der Waals surface area contributed by atoms with E-state index in [1.165, 1.54) is 5.56 Å². The minimum atomic E-state index is -0.0785. The third kappa shape index (κ3) is 4.80. The van der Waals surface area contributed by atoms with Crippen LogP contribution < -0.4 is 14.8 Å². The Bertz CT molecular complexity index is 977. The molecule has 152 valence electrons. The number of hydrogen-bond donors (Lipinski definition) is 1. The highest BCUT2D eigenvalue weighted by molar-refractivity contribution is 5.95. The first-order chi connectivity index (χ1) is 14.0. The molecule has 0 aliphatic carbocycles. The number of rotatable bonds is 8. The van der Waals surface area contributed by atoms with E-state index >= 15 is 0 Å². The van der Waals surface area contributed by atoms with E-state index in [0.29, 0.717) is 30.2 Å². The Morgan fingerprint density at radius 3 is 2.45 bits per heavy atom. The van der Waals surface area contributed by atoms with Gasteiger partial charge in [-0.25, -0.2) is 0 Å². The van der Waals surface area contributed by atoms with E-state index in [2.05, 4.69) is 22.0 Å². The summed E-state index contributed by atoms with van der Waals surface area (Å²) < 4.78 is 13.1. The first-order valence-corrected chi connectivity index (χ1v) is 9.82. The van der Waals surface area contributed by atoms with Crippen LogP contribution in [0.1, 0.15) is 39.8 Å². The summed E-state index contributed by atoms with van der Waals surface area (Å²) in [7, 11) is 1.61. The zero-order valence-electron chi connectivity index (χ0n) is 17.5. The summed E-state index contributed by atoms with van der Waals surface area (Å²) in [5, 5.41) is 3.01. The number of methoxy groups -OCH3 is 1. The van der Waals surface area contributed by atoms with Crippen molar-refractivity contribution in [2.45, 2.75) is 33.9 Å². The van der Waals surface area contributed by atoms with E-state index in [-0.39, 0.29) is 5.91 Å². The van der Waals surface area contributed by atoms with Gasteiger partial charge in [0, 0.05) is 24.5 Å². The molecule has 3 aromatic rings. The Balaban J connectivity index is 1.71. The largest absolute Gasteiger partial charge is 0.493 e. The fourth-order valence-corrected chi connectivity index (χ4v) is 3.41. The smallest absolute Gasteiger partial charge is 0.253 e. The van der Waals surface area contributed by atoms with Gasteiger partial charge in [-0.15, -0.1) is 0 Å². The van der Waals surface area contributed by atoms with Crippen molar-refractivity contribution >= 4 is 5.91 Å². The fraction of sp³-hybridized carbons (Fsp3) is 0.292. The van der Waals surface area contributed by atoms with Crippen LogP contribution in [0.4, 0.5) is 0 Å². The molecule has 0 spiro atoms. The number of nitrogens with zero attached hydrogens (tertiary/aromatic N) is 1. The number of ether oxygens (including phenoxy) is 2. The van der Waals surface area contributed by atoms with Gasteiger partial charge in [0.2, 0.25) is 0 Å². The molecule has 0 aliphatic rings. The lowest BCUT2D eigenvalue weighted by Crippen LogP contribution is -2.23. The highest BCUT2D eigenvalue weighted by Crippen LogP contribution is 2.28. The topological polar surface area (TPSA) is 52.5 Å². The number of aryl methyl sites for hydroxylation is 1. The van der Waals surface area contributed by atoms with Crippen molar-refractivity contribution in [1.29, 1.82) is 0 Å².